The van der Waals surface area contributed by atoms with E-state index in [1.54, 1.807) is 6.92 Å². The van der Waals surface area contributed by atoms with E-state index in [-0.39, 0.29) is 6.29 Å². The van der Waals surface area contributed by atoms with E-state index < -0.39 is 6.10 Å². The summed E-state index contributed by atoms with van der Waals surface area (Å²) in [4.78, 5) is 0. The van der Waals surface area contributed by atoms with E-state index >= 15 is 0 Å². The highest BCUT2D eigenvalue weighted by Gasteiger charge is 2.06. The summed E-state index contributed by atoms with van der Waals surface area (Å²) in [6.45, 7) is 1.99. The summed E-state index contributed by atoms with van der Waals surface area (Å²) in [6, 6.07) is 7.54. The minimum absolute atomic E-state index is 0.232. The van der Waals surface area contributed by atoms with Gasteiger partial charge in [0.25, 0.3) is 0 Å². The van der Waals surface area contributed by atoms with Gasteiger partial charge in [-0.25, -0.2) is 0 Å². The third-order valence-electron chi connectivity index (χ3n) is 2.07. The van der Waals surface area contributed by atoms with Crippen LogP contribution in [0.1, 0.15) is 18.8 Å². The number of benzene rings is 1. The van der Waals surface area contributed by atoms with Crippen molar-refractivity contribution in [1.29, 1.82) is 0 Å². The highest BCUT2D eigenvalue weighted by Crippen LogP contribution is 2.20. The molecule has 0 heterocycles. The highest BCUT2D eigenvalue weighted by atomic mass is 27.1. The lowest BCUT2D eigenvalue weighted by Crippen LogP contribution is -2.12. The van der Waals surface area contributed by atoms with Crippen LogP contribution in [0.4, 0.5) is 0 Å². The Morgan fingerprint density at radius 3 is 2.19 bits per heavy atom. The average molecular weight is 254 g/mol. The molecule has 86 valence electrons. The van der Waals surface area contributed by atoms with Crippen LogP contribution >= 0.6 is 0 Å². The van der Waals surface area contributed by atoms with E-state index in [9.17, 15) is 0 Å². The van der Waals surface area contributed by atoms with Gasteiger partial charge in [0.05, 0.1) is 6.10 Å². The van der Waals surface area contributed by atoms with Gasteiger partial charge in [-0.05, 0) is 19.1 Å². The van der Waals surface area contributed by atoms with E-state index in [1.165, 1.54) is 0 Å². The first kappa shape index (κ1) is 14.0. The summed E-state index contributed by atoms with van der Waals surface area (Å²) in [7, 11) is 0. The Bertz CT molecular complexity index is 298. The van der Waals surface area contributed by atoms with Gasteiger partial charge >= 0.3 is 33.2 Å². The van der Waals surface area contributed by atoms with Crippen LogP contribution in [0.3, 0.4) is 0 Å². The minimum atomic E-state index is -0.456. The molecule has 4 nitrogen and oxygen atoms in total. The van der Waals surface area contributed by atoms with Crippen LogP contribution in [-0.4, -0.2) is 51.1 Å². The van der Waals surface area contributed by atoms with Crippen LogP contribution in [-0.2, 0) is 7.58 Å². The van der Waals surface area contributed by atoms with Gasteiger partial charge in [0, 0.05) is 5.56 Å². The quantitative estimate of drug-likeness (QED) is 0.553. The molecular formula is C10H16Al2O4. The maximum Gasteiger partial charge on any atom is 0.413 e. The lowest BCUT2D eigenvalue weighted by atomic mass is 10.2. The van der Waals surface area contributed by atoms with Gasteiger partial charge in [0.2, 0.25) is 0 Å². The second-order valence-electron chi connectivity index (χ2n) is 3.53. The average Bonchev–Trinajstić information content (AvgIpc) is 2.29. The largest absolute Gasteiger partial charge is 0.491 e. The van der Waals surface area contributed by atoms with Crippen molar-refractivity contribution < 1.29 is 17.4 Å². The number of aliphatic hydroxyl groups excluding tert-OH is 1. The molecule has 6 heteroatoms. The van der Waals surface area contributed by atoms with Crippen LogP contribution < -0.4 is 4.74 Å². The standard InChI is InChI=1S/C10H12O4.2Al.4H/c1-7(11)6-14-9-4-2-8(3-5-9)10(12)13;;;;;;/h2-5,7,10-11H,6H2,1H3;;;;;;/q-2;2*+1;;;;. The van der Waals surface area contributed by atoms with Gasteiger partial charge in [-0.1, -0.05) is 12.1 Å². The smallest absolute Gasteiger partial charge is 0.413 e. The fourth-order valence-electron chi connectivity index (χ4n) is 1.31. The third-order valence-corrected chi connectivity index (χ3v) is 2.93. The first-order chi connectivity index (χ1) is 7.67. The molecule has 1 aromatic rings. The van der Waals surface area contributed by atoms with Crippen molar-refractivity contribution in [3.05, 3.63) is 29.8 Å². The van der Waals surface area contributed by atoms with Crippen molar-refractivity contribution >= 4 is 33.2 Å². The molecule has 1 rings (SSSR count). The van der Waals surface area contributed by atoms with E-state index in [0.29, 0.717) is 39.9 Å². The lowest BCUT2D eigenvalue weighted by Gasteiger charge is -2.17. The molecule has 1 N–H and O–H groups in total. The second kappa shape index (κ2) is 7.32. The molecule has 0 aliphatic rings. The zero-order valence-corrected chi connectivity index (χ0v) is 13.8. The van der Waals surface area contributed by atoms with E-state index in [0.717, 1.165) is 11.3 Å². The van der Waals surface area contributed by atoms with Crippen molar-refractivity contribution in [2.75, 3.05) is 6.61 Å². The van der Waals surface area contributed by atoms with Gasteiger partial charge in [-0.15, -0.1) is 0 Å². The van der Waals surface area contributed by atoms with Gasteiger partial charge in [-0.2, -0.15) is 0 Å². The lowest BCUT2D eigenvalue weighted by molar-refractivity contribution is 0.0180. The minimum Gasteiger partial charge on any atom is -0.491 e. The summed E-state index contributed by atoms with van der Waals surface area (Å²) in [5.74, 6) is 0.741. The van der Waals surface area contributed by atoms with Crippen molar-refractivity contribution in [2.24, 2.45) is 0 Å². The molecule has 0 aliphatic carbocycles. The van der Waals surface area contributed by atoms with Gasteiger partial charge < -0.3 is 17.4 Å². The topological polar surface area (TPSA) is 47.9 Å². The number of hydrogen-bond donors (Lipinski definition) is 1. The monoisotopic (exact) mass is 254 g/mol. The number of aliphatic hydroxyl groups is 1. The molecular weight excluding hydrogens is 238 g/mol. The van der Waals surface area contributed by atoms with Gasteiger partial charge in [0.15, 0.2) is 0 Å². The molecule has 0 fully saturated rings. The normalized spacial score (nSPS) is 12.7. The Balaban J connectivity index is 2.60. The molecule has 0 saturated heterocycles. The van der Waals surface area contributed by atoms with Crippen LogP contribution in [0.15, 0.2) is 24.3 Å². The molecule has 0 aromatic heterocycles. The molecule has 1 aromatic carbocycles. The van der Waals surface area contributed by atoms with Crippen molar-refractivity contribution in [2.45, 2.75) is 19.3 Å². The number of ether oxygens (including phenoxy) is 1. The molecule has 0 radical (unpaired) electrons. The maximum atomic E-state index is 9.08. The van der Waals surface area contributed by atoms with E-state index in [1.807, 2.05) is 24.3 Å². The second-order valence-corrected chi connectivity index (χ2v) is 4.48. The van der Waals surface area contributed by atoms with E-state index in [2.05, 4.69) is 0 Å². The zero-order valence-electron chi connectivity index (χ0n) is 9.84. The molecule has 1 atom stereocenters. The Hall–Kier alpha value is -0.0351. The van der Waals surface area contributed by atoms with Crippen molar-refractivity contribution in [1.82, 2.24) is 0 Å². The predicted octanol–water partition coefficient (Wildman–Crippen LogP) is -0.426. The van der Waals surface area contributed by atoms with E-state index in [4.69, 9.17) is 17.4 Å². The van der Waals surface area contributed by atoms with Crippen LogP contribution in [0.2, 0.25) is 0 Å². The van der Waals surface area contributed by atoms with Crippen molar-refractivity contribution in [3.8, 4) is 5.75 Å². The Morgan fingerprint density at radius 2 is 1.75 bits per heavy atom. The van der Waals surface area contributed by atoms with Crippen molar-refractivity contribution in [3.63, 3.8) is 0 Å². The molecule has 0 amide bonds. The third kappa shape index (κ3) is 4.45. The SMILES string of the molecule is CC(O)COc1ccc(C([O][AlH2])[O][AlH2])cc1. The fourth-order valence-corrected chi connectivity index (χ4v) is 2.62. The summed E-state index contributed by atoms with van der Waals surface area (Å²) in [5, 5.41) is 9.08. The van der Waals surface area contributed by atoms with Crippen LogP contribution in [0, 0.1) is 0 Å². The van der Waals surface area contributed by atoms with Crippen LogP contribution in [0.5, 0.6) is 5.75 Å². The maximum absolute atomic E-state index is 9.08. The highest BCUT2D eigenvalue weighted by molar-refractivity contribution is 5.99. The number of hydrogen-bond acceptors (Lipinski definition) is 4. The zero-order chi connectivity index (χ0) is 12.0. The summed E-state index contributed by atoms with van der Waals surface area (Å²) in [5.41, 5.74) is 0.995. The van der Waals surface area contributed by atoms with Gasteiger partial charge in [0.1, 0.15) is 18.6 Å². The van der Waals surface area contributed by atoms with Gasteiger partial charge in [-0.3, -0.25) is 0 Å². The molecule has 0 spiro atoms. The predicted molar refractivity (Wildman–Crippen MR) is 65.6 cm³/mol. The molecule has 0 bridgehead atoms. The Labute approximate surface area is 112 Å². The Kier molecular flexibility index (Phi) is 6.42. The summed E-state index contributed by atoms with van der Waals surface area (Å²) < 4.78 is 15.9. The molecule has 0 saturated carbocycles. The molecule has 1 unspecified atom stereocenters. The van der Waals surface area contributed by atoms with Crippen LogP contribution in [0.25, 0.3) is 0 Å². The first-order valence-electron chi connectivity index (χ1n) is 5.13. The number of rotatable bonds is 6. The first-order valence-corrected chi connectivity index (χ1v) is 6.77. The summed E-state index contributed by atoms with van der Waals surface area (Å²) in [6.07, 6.45) is -0.688. The molecule has 16 heavy (non-hydrogen) atoms. The Morgan fingerprint density at radius 1 is 1.19 bits per heavy atom. The summed E-state index contributed by atoms with van der Waals surface area (Å²) >= 11 is 1.29. The molecule has 0 aliphatic heterocycles. The fraction of sp³-hybridized carbons (Fsp3) is 0.400.